The number of rotatable bonds is 6. The van der Waals surface area contributed by atoms with Gasteiger partial charge in [0.15, 0.2) is 0 Å². The van der Waals surface area contributed by atoms with Crippen LogP contribution in [0.3, 0.4) is 0 Å². The largest absolute Gasteiger partial charge is 0.489 e. The lowest BCUT2D eigenvalue weighted by Crippen LogP contribution is -2.45. The van der Waals surface area contributed by atoms with Crippen LogP contribution in [0.5, 0.6) is 5.75 Å². The van der Waals surface area contributed by atoms with Crippen molar-refractivity contribution in [2.45, 2.75) is 38.3 Å². The Balaban J connectivity index is 1.22. The molecule has 1 amide bonds. The first kappa shape index (κ1) is 20.4. The fourth-order valence-electron chi connectivity index (χ4n) is 4.00. The summed E-state index contributed by atoms with van der Waals surface area (Å²) >= 11 is 1.11. The maximum Gasteiger partial charge on any atom is 0.322 e. The Morgan fingerprint density at radius 3 is 2.72 bits per heavy atom. The molecule has 1 saturated carbocycles. The van der Waals surface area contributed by atoms with Crippen LogP contribution in [0.15, 0.2) is 59.4 Å². The van der Waals surface area contributed by atoms with E-state index in [0.29, 0.717) is 17.9 Å². The number of ether oxygens (including phenoxy) is 1. The lowest BCUT2D eigenvalue weighted by Gasteiger charge is -2.35. The van der Waals surface area contributed by atoms with Gasteiger partial charge in [0.1, 0.15) is 17.4 Å². The number of amides is 1. The van der Waals surface area contributed by atoms with E-state index in [2.05, 4.69) is 20.5 Å². The van der Waals surface area contributed by atoms with Crippen LogP contribution in [-0.4, -0.2) is 27.1 Å². The molecular formula is C24H22N4O3S. The van der Waals surface area contributed by atoms with Crippen molar-refractivity contribution in [2.24, 2.45) is 0 Å². The number of para-hydroxylation sites is 1. The average molecular weight is 447 g/mol. The molecule has 0 aliphatic heterocycles. The Labute approximate surface area is 188 Å². The number of aryl methyl sites for hydroxylation is 1. The summed E-state index contributed by atoms with van der Waals surface area (Å²) in [6.07, 6.45) is 1.80. The predicted molar refractivity (Wildman–Crippen MR) is 123 cm³/mol. The van der Waals surface area contributed by atoms with Gasteiger partial charge in [-0.25, -0.2) is 5.10 Å². The fraction of sp³-hybridized carbons (Fsp3) is 0.250. The topological polar surface area (TPSA) is 97.0 Å². The van der Waals surface area contributed by atoms with Crippen LogP contribution < -0.4 is 14.9 Å². The van der Waals surface area contributed by atoms with Crippen LogP contribution >= 0.6 is 11.3 Å². The summed E-state index contributed by atoms with van der Waals surface area (Å²) in [4.78, 5) is 28.4. The van der Waals surface area contributed by atoms with E-state index in [1.165, 1.54) is 0 Å². The van der Waals surface area contributed by atoms with E-state index in [9.17, 15) is 9.59 Å². The smallest absolute Gasteiger partial charge is 0.322 e. The number of nitrogens with one attached hydrogen (secondary N) is 2. The molecule has 0 saturated heterocycles. The van der Waals surface area contributed by atoms with E-state index in [1.54, 1.807) is 12.1 Å². The normalized spacial score (nSPS) is 17.7. The van der Waals surface area contributed by atoms with Crippen LogP contribution in [0.1, 0.15) is 45.4 Å². The highest BCUT2D eigenvalue weighted by atomic mass is 32.1. The first-order valence-electron chi connectivity index (χ1n) is 10.5. The maximum atomic E-state index is 12.7. The number of aromatic nitrogens is 3. The van der Waals surface area contributed by atoms with Gasteiger partial charge < -0.3 is 10.1 Å². The quantitative estimate of drug-likeness (QED) is 0.468. The van der Waals surface area contributed by atoms with Crippen molar-refractivity contribution >= 4 is 28.1 Å². The molecule has 2 aromatic carbocycles. The number of H-pyrrole nitrogens is 1. The Morgan fingerprint density at radius 2 is 2.00 bits per heavy atom. The lowest BCUT2D eigenvalue weighted by atomic mass is 9.80. The van der Waals surface area contributed by atoms with Crippen LogP contribution in [-0.2, 0) is 6.61 Å². The number of fused-ring (bicyclic) bond motifs is 1. The molecule has 0 spiro atoms. The fourth-order valence-corrected chi connectivity index (χ4v) is 4.80. The molecule has 2 unspecified atom stereocenters. The number of pyridine rings is 1. The molecule has 2 N–H and O–H groups in total. The highest BCUT2D eigenvalue weighted by Crippen LogP contribution is 2.37. The molecule has 1 aliphatic rings. The van der Waals surface area contributed by atoms with Crippen molar-refractivity contribution in [1.82, 2.24) is 20.5 Å². The molecule has 2 atom stereocenters. The van der Waals surface area contributed by atoms with E-state index in [-0.39, 0.29) is 22.7 Å². The molecule has 1 fully saturated rings. The Morgan fingerprint density at radius 1 is 1.19 bits per heavy atom. The van der Waals surface area contributed by atoms with Crippen molar-refractivity contribution in [2.75, 3.05) is 0 Å². The van der Waals surface area contributed by atoms with Crippen LogP contribution in [0, 0.1) is 6.92 Å². The summed E-state index contributed by atoms with van der Waals surface area (Å²) in [5.74, 6) is 0.664. The molecule has 2 heterocycles. The van der Waals surface area contributed by atoms with E-state index in [0.717, 1.165) is 51.3 Å². The Kier molecular flexibility index (Phi) is 5.45. The predicted octanol–water partition coefficient (Wildman–Crippen LogP) is 3.94. The molecule has 2 aromatic heterocycles. The van der Waals surface area contributed by atoms with Crippen molar-refractivity contribution in [1.29, 1.82) is 0 Å². The van der Waals surface area contributed by atoms with Gasteiger partial charge in [-0.2, -0.15) is 5.10 Å². The summed E-state index contributed by atoms with van der Waals surface area (Å²) in [7, 11) is 0. The maximum absolute atomic E-state index is 12.7. The van der Waals surface area contributed by atoms with Gasteiger partial charge in [-0.1, -0.05) is 29.5 Å². The van der Waals surface area contributed by atoms with Gasteiger partial charge in [0.05, 0.1) is 5.52 Å². The number of aromatic amines is 1. The number of hydrogen-bond donors (Lipinski definition) is 2. The molecule has 8 heteroatoms. The highest BCUT2D eigenvalue weighted by Gasteiger charge is 2.35. The summed E-state index contributed by atoms with van der Waals surface area (Å²) in [6, 6.07) is 17.2. The van der Waals surface area contributed by atoms with Gasteiger partial charge in [0, 0.05) is 34.2 Å². The second kappa shape index (κ2) is 8.55. The van der Waals surface area contributed by atoms with E-state index < -0.39 is 0 Å². The van der Waals surface area contributed by atoms with Gasteiger partial charge in [0.25, 0.3) is 5.91 Å². The molecule has 32 heavy (non-hydrogen) atoms. The zero-order chi connectivity index (χ0) is 22.1. The van der Waals surface area contributed by atoms with E-state index in [4.69, 9.17) is 4.74 Å². The third-order valence-electron chi connectivity index (χ3n) is 5.80. The lowest BCUT2D eigenvalue weighted by molar-refractivity contribution is 0.0904. The first-order valence-corrected chi connectivity index (χ1v) is 11.3. The number of benzene rings is 2. The number of hydrogen-bond acceptors (Lipinski definition) is 6. The Bertz CT molecular complexity index is 1330. The SMILES string of the molecule is Cc1cc(COc2ccc(C(=O)NC3CCC3c3n[nH]c(=O)s3)cc2)c2ccccc2n1. The number of carbonyl (C=O) groups is 1. The van der Waals surface area contributed by atoms with Gasteiger partial charge in [-0.3, -0.25) is 14.6 Å². The van der Waals surface area contributed by atoms with Crippen molar-refractivity contribution in [3.05, 3.63) is 86.1 Å². The second-order valence-electron chi connectivity index (χ2n) is 7.97. The third kappa shape index (κ3) is 4.13. The minimum Gasteiger partial charge on any atom is -0.489 e. The highest BCUT2D eigenvalue weighted by molar-refractivity contribution is 7.08. The van der Waals surface area contributed by atoms with Crippen molar-refractivity contribution < 1.29 is 9.53 Å². The summed E-state index contributed by atoms with van der Waals surface area (Å²) < 4.78 is 5.98. The molecule has 1 aliphatic carbocycles. The van der Waals surface area contributed by atoms with E-state index in [1.807, 2.05) is 49.4 Å². The number of nitrogens with zero attached hydrogens (tertiary/aromatic N) is 2. The molecular weight excluding hydrogens is 424 g/mol. The van der Waals surface area contributed by atoms with Gasteiger partial charge in [-0.15, -0.1) is 0 Å². The van der Waals surface area contributed by atoms with Crippen LogP contribution in [0.2, 0.25) is 0 Å². The van der Waals surface area contributed by atoms with Gasteiger partial charge in [-0.05, 0) is 56.2 Å². The average Bonchev–Trinajstić information content (AvgIpc) is 3.20. The minimum atomic E-state index is -0.164. The molecule has 5 rings (SSSR count). The zero-order valence-corrected chi connectivity index (χ0v) is 18.3. The Hall–Kier alpha value is -3.52. The van der Waals surface area contributed by atoms with Crippen molar-refractivity contribution in [3.8, 4) is 5.75 Å². The summed E-state index contributed by atoms with van der Waals surface area (Å²) in [5, 5.41) is 11.4. The monoisotopic (exact) mass is 446 g/mol. The second-order valence-corrected chi connectivity index (χ2v) is 8.96. The van der Waals surface area contributed by atoms with Crippen LogP contribution in [0.4, 0.5) is 0 Å². The van der Waals surface area contributed by atoms with E-state index >= 15 is 0 Å². The molecule has 0 radical (unpaired) electrons. The molecule has 162 valence electrons. The standard InChI is InChI=1S/C24H22N4O3S/c1-14-12-16(18-4-2-3-5-20(18)25-14)13-31-17-8-6-15(7-9-17)22(29)26-21-11-10-19(21)23-27-28-24(30)32-23/h2-9,12,19,21H,10-11,13H2,1H3,(H,26,29)(H,28,30). The van der Waals surface area contributed by atoms with Crippen LogP contribution in [0.25, 0.3) is 10.9 Å². The molecule has 0 bridgehead atoms. The van der Waals surface area contributed by atoms with Crippen molar-refractivity contribution in [3.63, 3.8) is 0 Å². The summed E-state index contributed by atoms with van der Waals surface area (Å²) in [5.41, 5.74) is 3.55. The third-order valence-corrected chi connectivity index (χ3v) is 6.68. The van der Waals surface area contributed by atoms with Gasteiger partial charge in [0.2, 0.25) is 0 Å². The number of carbonyl (C=O) groups excluding carboxylic acids is 1. The first-order chi connectivity index (χ1) is 15.6. The molecule has 7 nitrogen and oxygen atoms in total. The minimum absolute atomic E-state index is 0.000544. The zero-order valence-electron chi connectivity index (χ0n) is 17.5. The summed E-state index contributed by atoms with van der Waals surface area (Å²) in [6.45, 7) is 2.40. The van der Waals surface area contributed by atoms with Gasteiger partial charge >= 0.3 is 4.87 Å². The molecule has 4 aromatic rings.